The lowest BCUT2D eigenvalue weighted by molar-refractivity contribution is 0.149. The third-order valence-electron chi connectivity index (χ3n) is 5.98. The standard InChI is InChI=1S/C22H26F2N8O/c1-13(23)11-32-19-10-14(4-5-18(19)27-29-32)15-6-9-31-20(15)21(33-3)26-22(28-31)25-17-7-8-30(2)12-16(17)24/h4-6,9-10,13,16-17H,7-8,11-12H2,1-3H3,(H,25,28)/t13-,16+,17-/m1/s1. The number of aromatic nitrogens is 6. The van der Waals surface area contributed by atoms with Gasteiger partial charge in [-0.25, -0.2) is 18.0 Å². The molecule has 0 aliphatic carbocycles. The molecule has 3 aromatic heterocycles. The Morgan fingerprint density at radius 3 is 2.91 bits per heavy atom. The van der Waals surface area contributed by atoms with Crippen molar-refractivity contribution < 1.29 is 13.5 Å². The fourth-order valence-corrected chi connectivity index (χ4v) is 4.32. The number of nitrogens with zero attached hydrogens (tertiary/aromatic N) is 7. The smallest absolute Gasteiger partial charge is 0.244 e. The zero-order valence-electron chi connectivity index (χ0n) is 18.7. The number of halogens is 2. The van der Waals surface area contributed by atoms with Crippen LogP contribution in [0.2, 0.25) is 0 Å². The minimum atomic E-state index is -1.04. The number of anilines is 1. The van der Waals surface area contributed by atoms with E-state index in [1.807, 2.05) is 42.4 Å². The summed E-state index contributed by atoms with van der Waals surface area (Å²) in [7, 11) is 3.45. The van der Waals surface area contributed by atoms with Crippen molar-refractivity contribution in [1.82, 2.24) is 34.5 Å². The minimum Gasteiger partial charge on any atom is -0.479 e. The number of likely N-dealkylation sites (tertiary alicyclic amines) is 1. The van der Waals surface area contributed by atoms with Crippen LogP contribution in [0.5, 0.6) is 5.88 Å². The fourth-order valence-electron chi connectivity index (χ4n) is 4.32. The number of alkyl halides is 2. The highest BCUT2D eigenvalue weighted by molar-refractivity contribution is 5.89. The van der Waals surface area contributed by atoms with Crippen LogP contribution in [0.1, 0.15) is 13.3 Å². The maximum Gasteiger partial charge on any atom is 0.244 e. The quantitative estimate of drug-likeness (QED) is 0.477. The maximum absolute atomic E-state index is 14.5. The molecule has 1 N–H and O–H groups in total. The third kappa shape index (κ3) is 4.08. The van der Waals surface area contributed by atoms with Crippen LogP contribution in [0.3, 0.4) is 0 Å². The molecule has 174 valence electrons. The molecule has 9 nitrogen and oxygen atoms in total. The molecule has 5 rings (SSSR count). The molecule has 3 atom stereocenters. The predicted octanol–water partition coefficient (Wildman–Crippen LogP) is 2.96. The Morgan fingerprint density at radius 2 is 2.15 bits per heavy atom. The van der Waals surface area contributed by atoms with Gasteiger partial charge in [-0.15, -0.1) is 10.2 Å². The van der Waals surface area contributed by atoms with Crippen LogP contribution in [0.15, 0.2) is 30.5 Å². The van der Waals surface area contributed by atoms with Crippen LogP contribution >= 0.6 is 0 Å². The molecule has 4 aromatic rings. The molecule has 0 spiro atoms. The molecule has 0 bridgehead atoms. The Hall–Kier alpha value is -3.34. The van der Waals surface area contributed by atoms with E-state index in [4.69, 9.17) is 4.74 Å². The number of ether oxygens (including phenoxy) is 1. The zero-order chi connectivity index (χ0) is 23.1. The van der Waals surface area contributed by atoms with Gasteiger partial charge in [-0.05, 0) is 44.2 Å². The van der Waals surface area contributed by atoms with Crippen molar-refractivity contribution in [2.24, 2.45) is 0 Å². The first kappa shape index (κ1) is 21.5. The summed E-state index contributed by atoms with van der Waals surface area (Å²) in [5.74, 6) is 0.688. The zero-order valence-corrected chi connectivity index (χ0v) is 18.7. The number of piperidine rings is 1. The molecular formula is C22H26F2N8O. The second kappa shape index (κ2) is 8.54. The molecule has 1 saturated heterocycles. The van der Waals surface area contributed by atoms with Crippen molar-refractivity contribution in [3.63, 3.8) is 0 Å². The van der Waals surface area contributed by atoms with Crippen molar-refractivity contribution in [3.8, 4) is 17.0 Å². The second-order valence-electron chi connectivity index (χ2n) is 8.54. The first-order chi connectivity index (χ1) is 15.9. The van der Waals surface area contributed by atoms with Crippen LogP contribution in [-0.4, -0.2) is 80.1 Å². The average Bonchev–Trinajstić information content (AvgIpc) is 3.39. The summed E-state index contributed by atoms with van der Waals surface area (Å²) in [6.45, 7) is 2.80. The fraction of sp³-hybridized carbons (Fsp3) is 0.455. The van der Waals surface area contributed by atoms with E-state index in [2.05, 4.69) is 25.7 Å². The number of fused-ring (bicyclic) bond motifs is 2. The molecule has 33 heavy (non-hydrogen) atoms. The topological polar surface area (TPSA) is 85.4 Å². The third-order valence-corrected chi connectivity index (χ3v) is 5.98. The molecule has 0 radical (unpaired) electrons. The van der Waals surface area contributed by atoms with Crippen molar-refractivity contribution in [3.05, 3.63) is 30.5 Å². The Balaban J connectivity index is 1.51. The molecule has 1 aliphatic rings. The lowest BCUT2D eigenvalue weighted by Crippen LogP contribution is -2.46. The molecule has 4 heterocycles. The van der Waals surface area contributed by atoms with Crippen molar-refractivity contribution in [2.75, 3.05) is 32.6 Å². The normalized spacial score (nSPS) is 20.4. The van der Waals surface area contributed by atoms with Gasteiger partial charge >= 0.3 is 0 Å². The van der Waals surface area contributed by atoms with E-state index in [-0.39, 0.29) is 12.6 Å². The molecule has 1 aromatic carbocycles. The minimum absolute atomic E-state index is 0.129. The summed E-state index contributed by atoms with van der Waals surface area (Å²) in [4.78, 5) is 6.48. The van der Waals surface area contributed by atoms with E-state index in [1.54, 1.807) is 16.3 Å². The van der Waals surface area contributed by atoms with Crippen LogP contribution in [0.4, 0.5) is 14.7 Å². The number of nitrogens with one attached hydrogen (secondary N) is 1. The molecule has 1 fully saturated rings. The lowest BCUT2D eigenvalue weighted by atomic mass is 10.0. The van der Waals surface area contributed by atoms with Crippen LogP contribution in [-0.2, 0) is 6.54 Å². The SMILES string of the molecule is COc1nc(N[C@@H]2CCN(C)C[C@@H]2F)nn2ccc(-c3ccc4nnn(C[C@@H](C)F)c4c3)c12. The second-order valence-corrected chi connectivity index (χ2v) is 8.54. The van der Waals surface area contributed by atoms with Gasteiger partial charge in [0.1, 0.15) is 23.4 Å². The highest BCUT2D eigenvalue weighted by Crippen LogP contribution is 2.33. The highest BCUT2D eigenvalue weighted by Gasteiger charge is 2.28. The van der Waals surface area contributed by atoms with Gasteiger partial charge in [0.15, 0.2) is 0 Å². The first-order valence-electron chi connectivity index (χ1n) is 10.9. The summed E-state index contributed by atoms with van der Waals surface area (Å²) in [6, 6.07) is 7.26. The largest absolute Gasteiger partial charge is 0.479 e. The Morgan fingerprint density at radius 1 is 1.30 bits per heavy atom. The van der Waals surface area contributed by atoms with E-state index >= 15 is 0 Å². The molecule has 0 saturated carbocycles. The van der Waals surface area contributed by atoms with Gasteiger partial charge in [-0.2, -0.15) is 4.98 Å². The van der Waals surface area contributed by atoms with Gasteiger partial charge in [0.25, 0.3) is 0 Å². The monoisotopic (exact) mass is 456 g/mol. The number of hydrogen-bond acceptors (Lipinski definition) is 7. The number of rotatable bonds is 6. The Labute approximate surface area is 189 Å². The summed E-state index contributed by atoms with van der Waals surface area (Å²) in [6.07, 6.45) is 0.427. The molecule has 0 unspecified atom stereocenters. The molecular weight excluding hydrogens is 430 g/mol. The average molecular weight is 457 g/mol. The van der Waals surface area contributed by atoms with Crippen LogP contribution in [0, 0.1) is 0 Å². The predicted molar refractivity (Wildman–Crippen MR) is 121 cm³/mol. The van der Waals surface area contributed by atoms with E-state index in [9.17, 15) is 8.78 Å². The summed E-state index contributed by atoms with van der Waals surface area (Å²) in [5, 5.41) is 15.9. The molecule has 1 aliphatic heterocycles. The van der Waals surface area contributed by atoms with Gasteiger partial charge < -0.3 is 15.0 Å². The van der Waals surface area contributed by atoms with E-state index < -0.39 is 12.3 Å². The van der Waals surface area contributed by atoms with Crippen LogP contribution < -0.4 is 10.1 Å². The van der Waals surface area contributed by atoms with Gasteiger partial charge in [0.2, 0.25) is 11.8 Å². The number of benzene rings is 1. The van der Waals surface area contributed by atoms with Gasteiger partial charge in [-0.3, -0.25) is 0 Å². The van der Waals surface area contributed by atoms with Crippen molar-refractivity contribution in [1.29, 1.82) is 0 Å². The molecule has 11 heteroatoms. The Kier molecular flexibility index (Phi) is 5.57. The van der Waals surface area contributed by atoms with Gasteiger partial charge in [0, 0.05) is 24.8 Å². The van der Waals surface area contributed by atoms with Crippen molar-refractivity contribution in [2.45, 2.75) is 38.3 Å². The lowest BCUT2D eigenvalue weighted by Gasteiger charge is -2.32. The van der Waals surface area contributed by atoms with E-state index in [0.29, 0.717) is 35.8 Å². The highest BCUT2D eigenvalue weighted by atomic mass is 19.1. The van der Waals surface area contributed by atoms with Gasteiger partial charge in [0.05, 0.1) is 25.2 Å². The maximum atomic E-state index is 14.5. The van der Waals surface area contributed by atoms with Gasteiger partial charge in [-0.1, -0.05) is 11.3 Å². The number of methoxy groups -OCH3 is 1. The summed E-state index contributed by atoms with van der Waals surface area (Å²) >= 11 is 0. The summed E-state index contributed by atoms with van der Waals surface area (Å²) < 4.78 is 36.9. The van der Waals surface area contributed by atoms with Crippen LogP contribution in [0.25, 0.3) is 27.7 Å². The van der Waals surface area contributed by atoms with E-state index in [1.165, 1.54) is 6.92 Å². The first-order valence-corrected chi connectivity index (χ1v) is 10.9. The number of hydrogen-bond donors (Lipinski definition) is 1. The summed E-state index contributed by atoms with van der Waals surface area (Å²) in [5.41, 5.74) is 3.84. The van der Waals surface area contributed by atoms with Crippen molar-refractivity contribution >= 4 is 22.5 Å². The Bertz CT molecular complexity index is 1290. The molecule has 0 amide bonds. The van der Waals surface area contributed by atoms with E-state index in [0.717, 1.165) is 23.2 Å².